The maximum atomic E-state index is 13.4. The molecule has 102 valence electrons. The van der Waals surface area contributed by atoms with Gasteiger partial charge in [-0.05, 0) is 24.5 Å². The van der Waals surface area contributed by atoms with Crippen LogP contribution in [0.4, 0.5) is 8.78 Å². The number of hydrogen-bond donors (Lipinski definition) is 0. The van der Waals surface area contributed by atoms with Gasteiger partial charge in [0.05, 0.1) is 6.07 Å². The van der Waals surface area contributed by atoms with Crippen molar-refractivity contribution >= 4 is 5.91 Å². The van der Waals surface area contributed by atoms with Crippen LogP contribution >= 0.6 is 0 Å². The van der Waals surface area contributed by atoms with Gasteiger partial charge < -0.3 is 4.90 Å². The van der Waals surface area contributed by atoms with Crippen LogP contribution in [0.1, 0.15) is 18.9 Å². The molecule has 0 saturated carbocycles. The molecule has 0 bridgehead atoms. The van der Waals surface area contributed by atoms with Gasteiger partial charge in [0, 0.05) is 19.7 Å². The number of rotatable bonds is 5. The van der Waals surface area contributed by atoms with Gasteiger partial charge in [0.15, 0.2) is 0 Å². The summed E-state index contributed by atoms with van der Waals surface area (Å²) in [5.41, 5.74) is 0.353. The Bertz CT molecular complexity index is 497. The Balaban J connectivity index is 2.61. The van der Waals surface area contributed by atoms with Crippen LogP contribution in [0.5, 0.6) is 0 Å². The minimum Gasteiger partial charge on any atom is -0.344 e. The summed E-state index contributed by atoms with van der Waals surface area (Å²) in [7, 11) is 1.57. The van der Waals surface area contributed by atoms with Crippen LogP contribution in [-0.4, -0.2) is 24.4 Å². The molecule has 1 amide bonds. The van der Waals surface area contributed by atoms with E-state index in [-0.39, 0.29) is 12.3 Å². The summed E-state index contributed by atoms with van der Waals surface area (Å²) < 4.78 is 26.1. The highest BCUT2D eigenvalue weighted by Gasteiger charge is 2.19. The molecular formula is C14H16F2N2O. The lowest BCUT2D eigenvalue weighted by Crippen LogP contribution is -2.33. The van der Waals surface area contributed by atoms with E-state index in [1.807, 2.05) is 6.07 Å². The van der Waals surface area contributed by atoms with Gasteiger partial charge in [-0.15, -0.1) is 0 Å². The predicted octanol–water partition coefficient (Wildman–Crippen LogP) is 2.52. The first-order chi connectivity index (χ1) is 8.99. The van der Waals surface area contributed by atoms with Crippen molar-refractivity contribution in [2.75, 3.05) is 13.6 Å². The first kappa shape index (κ1) is 15.1. The van der Waals surface area contributed by atoms with Gasteiger partial charge >= 0.3 is 0 Å². The van der Waals surface area contributed by atoms with Crippen molar-refractivity contribution < 1.29 is 13.6 Å². The quantitative estimate of drug-likeness (QED) is 0.822. The second-order valence-electron chi connectivity index (χ2n) is 4.34. The van der Waals surface area contributed by atoms with Crippen molar-refractivity contribution in [2.24, 2.45) is 5.92 Å². The van der Waals surface area contributed by atoms with Crippen LogP contribution in [0, 0.1) is 28.9 Å². The maximum Gasteiger partial charge on any atom is 0.239 e. The Morgan fingerprint density at radius 3 is 2.68 bits per heavy atom. The molecule has 0 N–H and O–H groups in total. The molecule has 0 fully saturated rings. The SMILES string of the molecule is CCC(C#N)C(=O)N(C)CCc1ccc(F)cc1F. The number of carbonyl (C=O) groups excluding carboxylic acids is 1. The largest absolute Gasteiger partial charge is 0.344 e. The van der Waals surface area contributed by atoms with Crippen LogP contribution in [0.2, 0.25) is 0 Å². The first-order valence-corrected chi connectivity index (χ1v) is 6.08. The van der Waals surface area contributed by atoms with E-state index in [0.717, 1.165) is 6.07 Å². The van der Waals surface area contributed by atoms with E-state index in [2.05, 4.69) is 0 Å². The number of likely N-dealkylation sites (N-methyl/N-ethyl adjacent to an activating group) is 1. The van der Waals surface area contributed by atoms with Gasteiger partial charge in [-0.1, -0.05) is 13.0 Å². The van der Waals surface area contributed by atoms with E-state index in [9.17, 15) is 13.6 Å². The Morgan fingerprint density at radius 2 is 2.16 bits per heavy atom. The molecule has 0 aromatic heterocycles. The highest BCUT2D eigenvalue weighted by Crippen LogP contribution is 2.11. The Morgan fingerprint density at radius 1 is 1.47 bits per heavy atom. The van der Waals surface area contributed by atoms with Crippen molar-refractivity contribution in [1.29, 1.82) is 5.26 Å². The third-order valence-corrected chi connectivity index (χ3v) is 2.97. The fourth-order valence-corrected chi connectivity index (χ4v) is 1.71. The second kappa shape index (κ2) is 6.83. The van der Waals surface area contributed by atoms with E-state index in [1.165, 1.54) is 17.0 Å². The lowest BCUT2D eigenvalue weighted by molar-refractivity contribution is -0.132. The van der Waals surface area contributed by atoms with Crippen molar-refractivity contribution in [3.05, 3.63) is 35.4 Å². The summed E-state index contributed by atoms with van der Waals surface area (Å²) in [5, 5.41) is 8.81. The Kier molecular flexibility index (Phi) is 5.43. The number of nitrogens with zero attached hydrogens (tertiary/aromatic N) is 2. The zero-order valence-corrected chi connectivity index (χ0v) is 11.0. The number of halogens is 2. The van der Waals surface area contributed by atoms with Gasteiger partial charge in [0.1, 0.15) is 17.6 Å². The number of amides is 1. The molecule has 3 nitrogen and oxygen atoms in total. The Hall–Kier alpha value is -1.96. The van der Waals surface area contributed by atoms with Crippen molar-refractivity contribution in [2.45, 2.75) is 19.8 Å². The minimum atomic E-state index is -0.664. The summed E-state index contributed by atoms with van der Waals surface area (Å²) in [6, 6.07) is 5.31. The average Bonchev–Trinajstić information content (AvgIpc) is 2.38. The summed E-state index contributed by atoms with van der Waals surface area (Å²) in [6.45, 7) is 2.05. The van der Waals surface area contributed by atoms with Crippen LogP contribution < -0.4 is 0 Å². The third kappa shape index (κ3) is 4.02. The zero-order chi connectivity index (χ0) is 14.4. The predicted molar refractivity (Wildman–Crippen MR) is 67.1 cm³/mol. The van der Waals surface area contributed by atoms with Crippen molar-refractivity contribution in [3.63, 3.8) is 0 Å². The monoisotopic (exact) mass is 266 g/mol. The molecule has 1 rings (SSSR count). The van der Waals surface area contributed by atoms with Gasteiger partial charge in [-0.25, -0.2) is 8.78 Å². The standard InChI is InChI=1S/C14H16F2N2O/c1-3-10(9-17)14(19)18(2)7-6-11-4-5-12(15)8-13(11)16/h4-5,8,10H,3,6-7H2,1-2H3. The summed E-state index contributed by atoms with van der Waals surface area (Å²) in [6.07, 6.45) is 0.737. The third-order valence-electron chi connectivity index (χ3n) is 2.97. The van der Waals surface area contributed by atoms with E-state index in [1.54, 1.807) is 14.0 Å². The van der Waals surface area contributed by atoms with Crippen LogP contribution in [0.3, 0.4) is 0 Å². The van der Waals surface area contributed by atoms with Crippen molar-refractivity contribution in [3.8, 4) is 6.07 Å². The molecule has 19 heavy (non-hydrogen) atoms. The maximum absolute atomic E-state index is 13.4. The van der Waals surface area contributed by atoms with Crippen molar-refractivity contribution in [1.82, 2.24) is 4.90 Å². The molecule has 0 heterocycles. The molecule has 1 unspecified atom stereocenters. The van der Waals surface area contributed by atoms with Crippen LogP contribution in [-0.2, 0) is 11.2 Å². The highest BCUT2D eigenvalue weighted by molar-refractivity contribution is 5.80. The van der Waals surface area contributed by atoms with Gasteiger partial charge in [-0.3, -0.25) is 4.79 Å². The smallest absolute Gasteiger partial charge is 0.239 e. The molecular weight excluding hydrogens is 250 g/mol. The zero-order valence-electron chi connectivity index (χ0n) is 11.0. The molecule has 1 aromatic carbocycles. The molecule has 0 aliphatic carbocycles. The highest BCUT2D eigenvalue weighted by atomic mass is 19.1. The molecule has 1 aromatic rings. The number of carbonyl (C=O) groups is 1. The number of benzene rings is 1. The summed E-state index contributed by atoms with van der Waals surface area (Å²) in [5.74, 6) is -2.18. The second-order valence-corrected chi connectivity index (χ2v) is 4.34. The molecule has 5 heteroatoms. The normalized spacial score (nSPS) is 11.7. The lowest BCUT2D eigenvalue weighted by atomic mass is 10.1. The van der Waals surface area contributed by atoms with E-state index >= 15 is 0 Å². The number of nitriles is 1. The summed E-state index contributed by atoms with van der Waals surface area (Å²) in [4.78, 5) is 13.2. The molecule has 1 atom stereocenters. The van der Waals surface area contributed by atoms with E-state index in [4.69, 9.17) is 5.26 Å². The van der Waals surface area contributed by atoms with Crippen LogP contribution in [0.15, 0.2) is 18.2 Å². The molecule has 0 saturated heterocycles. The Labute approximate surface area is 111 Å². The molecule has 0 spiro atoms. The molecule has 0 aliphatic rings. The first-order valence-electron chi connectivity index (χ1n) is 6.08. The van der Waals surface area contributed by atoms with Gasteiger partial charge in [0.25, 0.3) is 0 Å². The number of hydrogen-bond acceptors (Lipinski definition) is 2. The average molecular weight is 266 g/mol. The van der Waals surface area contributed by atoms with Crippen LogP contribution in [0.25, 0.3) is 0 Å². The fourth-order valence-electron chi connectivity index (χ4n) is 1.71. The topological polar surface area (TPSA) is 44.1 Å². The minimum absolute atomic E-state index is 0.271. The van der Waals surface area contributed by atoms with Gasteiger partial charge in [0.2, 0.25) is 5.91 Å². The van der Waals surface area contributed by atoms with Gasteiger partial charge in [-0.2, -0.15) is 5.26 Å². The molecule has 0 aliphatic heterocycles. The molecule has 0 radical (unpaired) electrons. The fraction of sp³-hybridized carbons (Fsp3) is 0.429. The van der Waals surface area contributed by atoms with E-state index < -0.39 is 17.6 Å². The van der Waals surface area contributed by atoms with E-state index in [0.29, 0.717) is 18.5 Å². The summed E-state index contributed by atoms with van der Waals surface area (Å²) >= 11 is 0. The lowest BCUT2D eigenvalue weighted by Gasteiger charge is -2.19.